The molecule has 4 rings (SSSR count). The number of amides is 2. The molecule has 1 fully saturated rings. The van der Waals surface area contributed by atoms with Gasteiger partial charge in [-0.3, -0.25) is 20.4 Å². The van der Waals surface area contributed by atoms with E-state index in [4.69, 9.17) is 0 Å². The molecule has 1 unspecified atom stereocenters. The van der Waals surface area contributed by atoms with Crippen molar-refractivity contribution in [2.75, 3.05) is 6.54 Å². The highest BCUT2D eigenvalue weighted by Crippen LogP contribution is 2.27. The van der Waals surface area contributed by atoms with Crippen LogP contribution in [-0.2, 0) is 21.9 Å². The molecule has 0 aliphatic carbocycles. The van der Waals surface area contributed by atoms with Crippen molar-refractivity contribution >= 4 is 32.7 Å². The second-order valence-corrected chi connectivity index (χ2v) is 9.18. The monoisotopic (exact) mass is 444 g/mol. The Morgan fingerprint density at radius 1 is 1.06 bits per heavy atom. The van der Waals surface area contributed by atoms with E-state index in [0.717, 1.165) is 21.3 Å². The number of halogens is 1. The van der Waals surface area contributed by atoms with Crippen molar-refractivity contribution in [3.8, 4) is 0 Å². The van der Waals surface area contributed by atoms with E-state index in [1.54, 1.807) is 16.8 Å². The quantitative estimate of drug-likeness (QED) is 0.601. The summed E-state index contributed by atoms with van der Waals surface area (Å²) >= 11 is 0. The van der Waals surface area contributed by atoms with Gasteiger partial charge in [-0.1, -0.05) is 30.3 Å². The van der Waals surface area contributed by atoms with Crippen LogP contribution in [0.5, 0.6) is 0 Å². The average Bonchev–Trinajstić information content (AvgIpc) is 3.38. The van der Waals surface area contributed by atoms with Gasteiger partial charge in [-0.05, 0) is 31.0 Å². The topological polar surface area (TPSA) is 101 Å². The molecule has 2 amide bonds. The van der Waals surface area contributed by atoms with Gasteiger partial charge in [0.25, 0.3) is 11.8 Å². The molecule has 162 valence electrons. The Kier molecular flexibility index (Phi) is 5.50. The molecule has 1 aliphatic heterocycles. The number of benzene rings is 2. The fraction of sp³-hybridized carbons (Fsp3) is 0.238. The second kappa shape index (κ2) is 8.12. The Morgan fingerprint density at radius 2 is 1.77 bits per heavy atom. The minimum atomic E-state index is -4.20. The largest absolute Gasteiger partial charge is 0.350 e. The molecule has 2 aromatic carbocycles. The van der Waals surface area contributed by atoms with Crippen LogP contribution in [0, 0.1) is 5.82 Å². The van der Waals surface area contributed by atoms with Crippen LogP contribution in [0.15, 0.2) is 59.6 Å². The maximum atomic E-state index is 14.1. The molecule has 0 bridgehead atoms. The van der Waals surface area contributed by atoms with Crippen LogP contribution in [0.2, 0.25) is 0 Å². The molecule has 1 aromatic heterocycles. The van der Waals surface area contributed by atoms with Gasteiger partial charge in [-0.25, -0.2) is 12.8 Å². The molecular formula is C21H21FN4O4S. The van der Waals surface area contributed by atoms with E-state index in [9.17, 15) is 22.4 Å². The number of para-hydroxylation sites is 1. The third kappa shape index (κ3) is 3.79. The van der Waals surface area contributed by atoms with Crippen LogP contribution in [-0.4, -0.2) is 41.7 Å². The van der Waals surface area contributed by atoms with Crippen LogP contribution in [0.1, 0.15) is 23.2 Å². The van der Waals surface area contributed by atoms with E-state index in [-0.39, 0.29) is 13.0 Å². The van der Waals surface area contributed by atoms with Crippen molar-refractivity contribution < 1.29 is 22.4 Å². The number of hydrogen-bond donors (Lipinski definition) is 2. The Morgan fingerprint density at radius 3 is 2.55 bits per heavy atom. The van der Waals surface area contributed by atoms with Crippen molar-refractivity contribution in [2.45, 2.75) is 23.8 Å². The first kappa shape index (κ1) is 21.0. The molecule has 0 radical (unpaired) electrons. The van der Waals surface area contributed by atoms with Gasteiger partial charge in [0.15, 0.2) is 0 Å². The summed E-state index contributed by atoms with van der Waals surface area (Å²) in [5, 5.41) is 0.723. The van der Waals surface area contributed by atoms with Crippen molar-refractivity contribution in [3.63, 3.8) is 0 Å². The molecule has 3 aromatic rings. The first-order chi connectivity index (χ1) is 14.8. The lowest BCUT2D eigenvalue weighted by Gasteiger charge is -2.23. The van der Waals surface area contributed by atoms with Crippen molar-refractivity contribution in [1.82, 2.24) is 19.7 Å². The Labute approximate surface area is 178 Å². The van der Waals surface area contributed by atoms with Crippen molar-refractivity contribution in [3.05, 3.63) is 66.1 Å². The van der Waals surface area contributed by atoms with E-state index >= 15 is 0 Å². The van der Waals surface area contributed by atoms with E-state index in [2.05, 4.69) is 10.9 Å². The molecule has 8 nitrogen and oxygen atoms in total. The summed E-state index contributed by atoms with van der Waals surface area (Å²) in [6.07, 6.45) is 2.36. The highest BCUT2D eigenvalue weighted by Gasteiger charge is 2.40. The number of hydrazine groups is 1. The summed E-state index contributed by atoms with van der Waals surface area (Å²) < 4.78 is 42.6. The standard InChI is InChI=1S/C21H21FN4O4S/c1-25-13-15(14-7-2-4-9-17(14)25)20(27)23-24-21(28)18-10-6-12-26(18)31(29,30)19-11-5-3-8-16(19)22/h2-5,7-9,11,13,18H,6,10,12H2,1H3,(H,23,27)(H,24,28). The van der Waals surface area contributed by atoms with Crippen molar-refractivity contribution in [2.24, 2.45) is 7.05 Å². The lowest BCUT2D eigenvalue weighted by atomic mass is 10.2. The van der Waals surface area contributed by atoms with Gasteiger partial charge in [-0.15, -0.1) is 0 Å². The summed E-state index contributed by atoms with van der Waals surface area (Å²) in [6.45, 7) is 0.0893. The number of carbonyl (C=O) groups is 2. The molecular weight excluding hydrogens is 423 g/mol. The van der Waals surface area contributed by atoms with Gasteiger partial charge in [0.05, 0.1) is 5.56 Å². The molecule has 0 spiro atoms. The Bertz CT molecular complexity index is 1270. The SMILES string of the molecule is Cn1cc(C(=O)NNC(=O)C2CCCN2S(=O)(=O)c2ccccc2F)c2ccccc21. The fourth-order valence-corrected chi connectivity index (χ4v) is 5.59. The van der Waals surface area contributed by atoms with Gasteiger partial charge in [0.2, 0.25) is 10.0 Å². The predicted octanol–water partition coefficient (Wildman–Crippen LogP) is 1.93. The predicted molar refractivity (Wildman–Crippen MR) is 112 cm³/mol. The van der Waals surface area contributed by atoms with Crippen molar-refractivity contribution in [1.29, 1.82) is 0 Å². The first-order valence-electron chi connectivity index (χ1n) is 9.71. The molecule has 1 atom stereocenters. The third-order valence-corrected chi connectivity index (χ3v) is 7.31. The molecule has 10 heteroatoms. The maximum absolute atomic E-state index is 14.1. The minimum Gasteiger partial charge on any atom is -0.350 e. The normalized spacial score (nSPS) is 17.0. The Hall–Kier alpha value is -3.24. The van der Waals surface area contributed by atoms with E-state index in [0.29, 0.717) is 12.0 Å². The van der Waals surface area contributed by atoms with Crippen LogP contribution in [0.3, 0.4) is 0 Å². The lowest BCUT2D eigenvalue weighted by molar-refractivity contribution is -0.125. The molecule has 2 heterocycles. The number of carbonyl (C=O) groups excluding carboxylic acids is 2. The second-order valence-electron chi connectivity index (χ2n) is 7.32. The minimum absolute atomic E-state index is 0.0893. The number of fused-ring (bicyclic) bond motifs is 1. The highest BCUT2D eigenvalue weighted by molar-refractivity contribution is 7.89. The molecule has 2 N–H and O–H groups in total. The number of aromatic nitrogens is 1. The van der Waals surface area contributed by atoms with Gasteiger partial charge >= 0.3 is 0 Å². The molecule has 1 saturated heterocycles. The lowest BCUT2D eigenvalue weighted by Crippen LogP contribution is -2.51. The zero-order valence-corrected chi connectivity index (χ0v) is 17.5. The Balaban J connectivity index is 1.49. The summed E-state index contributed by atoms with van der Waals surface area (Å²) in [7, 11) is -2.39. The number of nitrogens with one attached hydrogen (secondary N) is 2. The number of aryl methyl sites for hydroxylation is 1. The van der Waals surface area contributed by atoms with E-state index in [1.807, 2.05) is 25.2 Å². The maximum Gasteiger partial charge on any atom is 0.271 e. The summed E-state index contributed by atoms with van der Waals surface area (Å²) in [4.78, 5) is 24.8. The number of hydrogen-bond acceptors (Lipinski definition) is 4. The zero-order chi connectivity index (χ0) is 22.2. The molecule has 0 saturated carbocycles. The molecule has 31 heavy (non-hydrogen) atoms. The zero-order valence-electron chi connectivity index (χ0n) is 16.7. The van der Waals surface area contributed by atoms with Gasteiger partial charge in [0.1, 0.15) is 16.8 Å². The summed E-state index contributed by atoms with van der Waals surface area (Å²) in [6, 6.07) is 11.3. The highest BCUT2D eigenvalue weighted by atomic mass is 32.2. The summed E-state index contributed by atoms with van der Waals surface area (Å²) in [5.41, 5.74) is 5.91. The van der Waals surface area contributed by atoms with E-state index in [1.165, 1.54) is 18.2 Å². The summed E-state index contributed by atoms with van der Waals surface area (Å²) in [5.74, 6) is -2.07. The van der Waals surface area contributed by atoms with Crippen LogP contribution < -0.4 is 10.9 Å². The van der Waals surface area contributed by atoms with Gasteiger partial charge < -0.3 is 4.57 Å². The molecule has 1 aliphatic rings. The number of nitrogens with zero attached hydrogens (tertiary/aromatic N) is 2. The first-order valence-corrected chi connectivity index (χ1v) is 11.2. The number of rotatable bonds is 4. The van der Waals surface area contributed by atoms with Crippen LogP contribution in [0.25, 0.3) is 10.9 Å². The smallest absolute Gasteiger partial charge is 0.271 e. The van der Waals surface area contributed by atoms with E-state index < -0.39 is 38.6 Å². The average molecular weight is 444 g/mol. The van der Waals surface area contributed by atoms with Gasteiger partial charge in [0, 0.05) is 30.7 Å². The van der Waals surface area contributed by atoms with Gasteiger partial charge in [-0.2, -0.15) is 4.31 Å². The van der Waals surface area contributed by atoms with Crippen LogP contribution >= 0.6 is 0 Å². The third-order valence-electron chi connectivity index (χ3n) is 5.37. The number of sulfonamides is 1. The fourth-order valence-electron chi connectivity index (χ4n) is 3.86. The van der Waals surface area contributed by atoms with Crippen LogP contribution in [0.4, 0.5) is 4.39 Å².